The molecule has 1 N–H and O–H groups in total. The van der Waals surface area contributed by atoms with Gasteiger partial charge < -0.3 is 4.74 Å². The molecule has 20 heavy (non-hydrogen) atoms. The molecule has 0 aliphatic heterocycles. The third-order valence-corrected chi connectivity index (χ3v) is 3.34. The second-order valence-electron chi connectivity index (χ2n) is 5.60. The minimum absolute atomic E-state index is 0.118. The van der Waals surface area contributed by atoms with Crippen LogP contribution < -0.4 is 5.32 Å². The highest BCUT2D eigenvalue weighted by atomic mass is 19.1. The van der Waals surface area contributed by atoms with E-state index in [2.05, 4.69) is 5.32 Å². The number of carbonyl (C=O) groups is 1. The van der Waals surface area contributed by atoms with Gasteiger partial charge in [-0.25, -0.2) is 4.39 Å². The molecule has 1 aromatic carbocycles. The Morgan fingerprint density at radius 1 is 1.35 bits per heavy atom. The van der Waals surface area contributed by atoms with Crippen molar-refractivity contribution < 1.29 is 13.9 Å². The van der Waals surface area contributed by atoms with Gasteiger partial charge in [0.2, 0.25) is 0 Å². The van der Waals surface area contributed by atoms with Crippen LogP contribution in [0.25, 0.3) is 0 Å². The summed E-state index contributed by atoms with van der Waals surface area (Å²) < 4.78 is 18.4. The number of ether oxygens (including phenoxy) is 1. The number of esters is 1. The molecule has 0 fully saturated rings. The number of hydrogen-bond acceptors (Lipinski definition) is 3. The Morgan fingerprint density at radius 2 is 2.00 bits per heavy atom. The van der Waals surface area contributed by atoms with Gasteiger partial charge in [-0.1, -0.05) is 26.0 Å². The van der Waals surface area contributed by atoms with Gasteiger partial charge in [0.05, 0.1) is 7.11 Å². The van der Waals surface area contributed by atoms with E-state index in [0.29, 0.717) is 17.9 Å². The first-order valence-electron chi connectivity index (χ1n) is 6.95. The lowest BCUT2D eigenvalue weighted by atomic mass is 10.0. The van der Waals surface area contributed by atoms with Gasteiger partial charge in [-0.2, -0.15) is 0 Å². The topological polar surface area (TPSA) is 38.3 Å². The van der Waals surface area contributed by atoms with Crippen molar-refractivity contribution in [1.82, 2.24) is 5.32 Å². The Kier molecular flexibility index (Phi) is 6.14. The van der Waals surface area contributed by atoms with Crippen LogP contribution in [0.4, 0.5) is 4.39 Å². The maximum Gasteiger partial charge on any atom is 0.322 e. The van der Waals surface area contributed by atoms with Gasteiger partial charge in [0.1, 0.15) is 11.9 Å². The van der Waals surface area contributed by atoms with E-state index < -0.39 is 0 Å². The van der Waals surface area contributed by atoms with Gasteiger partial charge in [-0.3, -0.25) is 10.1 Å². The van der Waals surface area contributed by atoms with Crippen molar-refractivity contribution in [2.45, 2.75) is 46.2 Å². The molecule has 2 atom stereocenters. The zero-order valence-electron chi connectivity index (χ0n) is 12.9. The summed E-state index contributed by atoms with van der Waals surface area (Å²) in [7, 11) is 1.38. The second-order valence-corrected chi connectivity index (χ2v) is 5.60. The molecule has 1 aromatic rings. The lowest BCUT2D eigenvalue weighted by Gasteiger charge is -2.23. The maximum absolute atomic E-state index is 13.6. The Labute approximate surface area is 120 Å². The Balaban J connectivity index is 2.81. The molecular weight excluding hydrogens is 257 g/mol. The van der Waals surface area contributed by atoms with E-state index in [9.17, 15) is 9.18 Å². The third-order valence-electron chi connectivity index (χ3n) is 3.34. The molecule has 4 heteroatoms. The number of hydrogen-bond donors (Lipinski definition) is 1. The fourth-order valence-corrected chi connectivity index (χ4v) is 2.12. The molecular formula is C16H24FNO2. The summed E-state index contributed by atoms with van der Waals surface area (Å²) in [6, 6.07) is 4.64. The van der Waals surface area contributed by atoms with E-state index in [1.165, 1.54) is 13.2 Å². The lowest BCUT2D eigenvalue weighted by Crippen LogP contribution is -2.40. The fourth-order valence-electron chi connectivity index (χ4n) is 2.12. The number of benzene rings is 1. The van der Waals surface area contributed by atoms with Gasteiger partial charge in [-0.05, 0) is 43.4 Å². The summed E-state index contributed by atoms with van der Waals surface area (Å²) in [6.07, 6.45) is 0.686. The van der Waals surface area contributed by atoms with Gasteiger partial charge in [0, 0.05) is 6.04 Å². The SMILES string of the molecule is COC(=O)C(CC(C)C)NC(C)c1ccc(C)c(F)c1. The third kappa shape index (κ3) is 4.60. The van der Waals surface area contributed by atoms with E-state index in [0.717, 1.165) is 5.56 Å². The van der Waals surface area contributed by atoms with Crippen molar-refractivity contribution >= 4 is 5.97 Å². The Hall–Kier alpha value is -1.42. The predicted molar refractivity (Wildman–Crippen MR) is 77.9 cm³/mol. The van der Waals surface area contributed by atoms with Crippen LogP contribution in [0.3, 0.4) is 0 Å². The summed E-state index contributed by atoms with van der Waals surface area (Å²) in [5.74, 6) is -0.138. The van der Waals surface area contributed by atoms with Crippen molar-refractivity contribution in [1.29, 1.82) is 0 Å². The van der Waals surface area contributed by atoms with Crippen LogP contribution in [0, 0.1) is 18.7 Å². The lowest BCUT2D eigenvalue weighted by molar-refractivity contribution is -0.143. The van der Waals surface area contributed by atoms with Crippen LogP contribution in [0.15, 0.2) is 18.2 Å². The van der Waals surface area contributed by atoms with E-state index in [-0.39, 0.29) is 23.9 Å². The molecule has 0 bridgehead atoms. The largest absolute Gasteiger partial charge is 0.468 e. The van der Waals surface area contributed by atoms with Crippen molar-refractivity contribution in [2.24, 2.45) is 5.92 Å². The zero-order valence-corrected chi connectivity index (χ0v) is 12.9. The minimum Gasteiger partial charge on any atom is -0.468 e. The molecule has 2 unspecified atom stereocenters. The summed E-state index contributed by atoms with van der Waals surface area (Å²) >= 11 is 0. The highest BCUT2D eigenvalue weighted by Gasteiger charge is 2.22. The van der Waals surface area contributed by atoms with Gasteiger partial charge >= 0.3 is 5.97 Å². The number of methoxy groups -OCH3 is 1. The quantitative estimate of drug-likeness (QED) is 0.812. The summed E-state index contributed by atoms with van der Waals surface area (Å²) in [5.41, 5.74) is 1.44. The van der Waals surface area contributed by atoms with Crippen LogP contribution in [-0.4, -0.2) is 19.1 Å². The van der Waals surface area contributed by atoms with E-state index in [1.807, 2.05) is 26.8 Å². The standard InChI is InChI=1S/C16H24FNO2/c1-10(2)8-15(16(19)20-5)18-12(4)13-7-6-11(3)14(17)9-13/h6-7,9-10,12,15,18H,8H2,1-5H3. The molecule has 0 aliphatic rings. The first-order valence-corrected chi connectivity index (χ1v) is 6.95. The smallest absolute Gasteiger partial charge is 0.322 e. The average molecular weight is 281 g/mol. The number of carbonyl (C=O) groups excluding carboxylic acids is 1. The van der Waals surface area contributed by atoms with Gasteiger partial charge in [0.25, 0.3) is 0 Å². The monoisotopic (exact) mass is 281 g/mol. The van der Waals surface area contributed by atoms with Crippen molar-refractivity contribution in [3.8, 4) is 0 Å². The molecule has 0 radical (unpaired) electrons. The first-order chi connectivity index (χ1) is 9.35. The predicted octanol–water partition coefficient (Wildman–Crippen LogP) is 3.37. The highest BCUT2D eigenvalue weighted by molar-refractivity contribution is 5.75. The molecule has 0 aliphatic carbocycles. The second kappa shape index (κ2) is 7.39. The van der Waals surface area contributed by atoms with Gasteiger partial charge in [0.15, 0.2) is 0 Å². The minimum atomic E-state index is -0.376. The van der Waals surface area contributed by atoms with E-state index in [1.54, 1.807) is 13.0 Å². The average Bonchev–Trinajstić information content (AvgIpc) is 2.39. The fraction of sp³-hybridized carbons (Fsp3) is 0.562. The Morgan fingerprint density at radius 3 is 2.50 bits per heavy atom. The molecule has 0 amide bonds. The number of rotatable bonds is 6. The van der Waals surface area contributed by atoms with E-state index in [4.69, 9.17) is 4.74 Å². The molecule has 0 saturated heterocycles. The number of nitrogens with one attached hydrogen (secondary N) is 1. The molecule has 0 spiro atoms. The first kappa shape index (κ1) is 16.6. The van der Waals surface area contributed by atoms with Crippen molar-refractivity contribution in [2.75, 3.05) is 7.11 Å². The maximum atomic E-state index is 13.6. The van der Waals surface area contributed by atoms with Crippen LogP contribution in [0.1, 0.15) is 44.4 Å². The number of aryl methyl sites for hydroxylation is 1. The molecule has 0 heterocycles. The normalized spacial score (nSPS) is 14.2. The summed E-state index contributed by atoms with van der Waals surface area (Å²) in [6.45, 7) is 7.75. The van der Waals surface area contributed by atoms with Crippen LogP contribution in [-0.2, 0) is 9.53 Å². The summed E-state index contributed by atoms with van der Waals surface area (Å²) in [5, 5.41) is 3.22. The molecule has 0 aromatic heterocycles. The summed E-state index contributed by atoms with van der Waals surface area (Å²) in [4.78, 5) is 11.8. The molecule has 112 valence electrons. The van der Waals surface area contributed by atoms with Crippen molar-refractivity contribution in [3.05, 3.63) is 35.1 Å². The molecule has 0 saturated carbocycles. The molecule has 1 rings (SSSR count). The zero-order chi connectivity index (χ0) is 15.3. The Bertz CT molecular complexity index is 460. The molecule has 3 nitrogen and oxygen atoms in total. The van der Waals surface area contributed by atoms with Crippen LogP contribution in [0.5, 0.6) is 0 Å². The van der Waals surface area contributed by atoms with Crippen molar-refractivity contribution in [3.63, 3.8) is 0 Å². The van der Waals surface area contributed by atoms with Gasteiger partial charge in [-0.15, -0.1) is 0 Å². The van der Waals surface area contributed by atoms with Crippen LogP contribution in [0.2, 0.25) is 0 Å². The van der Waals surface area contributed by atoms with E-state index >= 15 is 0 Å². The number of halogens is 1. The highest BCUT2D eigenvalue weighted by Crippen LogP contribution is 2.18. The van der Waals surface area contributed by atoms with Crippen LogP contribution >= 0.6 is 0 Å².